The molecule has 6 nitrogen and oxygen atoms in total. The van der Waals surface area contributed by atoms with Crippen LogP contribution in [-0.4, -0.2) is 48.0 Å². The highest BCUT2D eigenvalue weighted by atomic mass is 19.1. The minimum absolute atomic E-state index is 0.364. The lowest BCUT2D eigenvalue weighted by molar-refractivity contribution is -0.379. The highest BCUT2D eigenvalue weighted by Gasteiger charge is 2.53. The molecule has 2 fully saturated rings. The molecule has 0 saturated carbocycles. The first-order chi connectivity index (χ1) is 13.1. The molecular weight excluding hydrogens is 355 g/mol. The number of aliphatic hydroxyl groups is 2. The zero-order chi connectivity index (χ0) is 19.0. The van der Waals surface area contributed by atoms with Crippen LogP contribution in [0.2, 0.25) is 0 Å². The SMILES string of the molecule is CO[C@H]1O[C@H]2[C@@H](O[C@H](c3ccccc3)O[C@H]2c2ccc(F)cc2)[C@H](O)[C@H]1O. The van der Waals surface area contributed by atoms with Crippen LogP contribution in [0.1, 0.15) is 23.5 Å². The topological polar surface area (TPSA) is 77.4 Å². The summed E-state index contributed by atoms with van der Waals surface area (Å²) in [5.41, 5.74) is 1.44. The van der Waals surface area contributed by atoms with Gasteiger partial charge in [-0.1, -0.05) is 42.5 Å². The molecule has 2 aliphatic rings. The van der Waals surface area contributed by atoms with Gasteiger partial charge in [-0.05, 0) is 17.7 Å². The third-order valence-corrected chi connectivity index (χ3v) is 4.93. The van der Waals surface area contributed by atoms with Crippen molar-refractivity contribution < 1.29 is 33.6 Å². The van der Waals surface area contributed by atoms with Gasteiger partial charge in [0.25, 0.3) is 0 Å². The zero-order valence-electron chi connectivity index (χ0n) is 14.6. The molecule has 2 aromatic carbocycles. The molecule has 27 heavy (non-hydrogen) atoms. The van der Waals surface area contributed by atoms with E-state index < -0.39 is 43.1 Å². The van der Waals surface area contributed by atoms with Gasteiger partial charge in [0.1, 0.15) is 36.3 Å². The van der Waals surface area contributed by atoms with E-state index in [0.717, 1.165) is 5.56 Å². The van der Waals surface area contributed by atoms with Gasteiger partial charge in [0.2, 0.25) is 0 Å². The van der Waals surface area contributed by atoms with Crippen LogP contribution in [0.4, 0.5) is 4.39 Å². The van der Waals surface area contributed by atoms with Gasteiger partial charge in [0.05, 0.1) is 0 Å². The fourth-order valence-electron chi connectivity index (χ4n) is 3.53. The maximum Gasteiger partial charge on any atom is 0.186 e. The molecule has 4 rings (SSSR count). The Labute approximate surface area is 156 Å². The normalized spacial score (nSPS) is 36.2. The molecule has 7 heteroatoms. The number of methoxy groups -OCH3 is 1. The van der Waals surface area contributed by atoms with Crippen LogP contribution in [-0.2, 0) is 18.9 Å². The molecular formula is C20H21FO6. The Bertz CT molecular complexity index is 755. The highest BCUT2D eigenvalue weighted by molar-refractivity contribution is 5.23. The molecule has 0 aromatic heterocycles. The molecule has 2 saturated heterocycles. The molecule has 0 amide bonds. The van der Waals surface area contributed by atoms with Gasteiger partial charge in [-0.2, -0.15) is 0 Å². The Morgan fingerprint density at radius 1 is 0.815 bits per heavy atom. The predicted molar refractivity (Wildman–Crippen MR) is 92.0 cm³/mol. The first kappa shape index (κ1) is 18.5. The number of fused-ring (bicyclic) bond motifs is 1. The van der Waals surface area contributed by atoms with E-state index in [1.807, 2.05) is 30.3 Å². The van der Waals surface area contributed by atoms with Gasteiger partial charge in [-0.3, -0.25) is 0 Å². The molecule has 2 aromatic rings. The maximum atomic E-state index is 13.4. The summed E-state index contributed by atoms with van der Waals surface area (Å²) < 4.78 is 36.4. The van der Waals surface area contributed by atoms with Gasteiger partial charge >= 0.3 is 0 Å². The first-order valence-corrected chi connectivity index (χ1v) is 8.74. The summed E-state index contributed by atoms with van der Waals surface area (Å²) in [6.07, 6.45) is -6.52. The molecule has 0 bridgehead atoms. The molecule has 0 aliphatic carbocycles. The van der Waals surface area contributed by atoms with E-state index in [-0.39, 0.29) is 5.82 Å². The number of benzene rings is 2. The maximum absolute atomic E-state index is 13.4. The average Bonchev–Trinajstić information content (AvgIpc) is 2.71. The summed E-state index contributed by atoms with van der Waals surface area (Å²) in [6.45, 7) is 0. The Balaban J connectivity index is 1.70. The van der Waals surface area contributed by atoms with E-state index in [1.165, 1.54) is 19.2 Å². The lowest BCUT2D eigenvalue weighted by atomic mass is 9.90. The van der Waals surface area contributed by atoms with Crippen LogP contribution in [0.25, 0.3) is 0 Å². The van der Waals surface area contributed by atoms with Crippen molar-refractivity contribution in [1.29, 1.82) is 0 Å². The fraction of sp³-hybridized carbons (Fsp3) is 0.400. The minimum atomic E-state index is -1.26. The first-order valence-electron chi connectivity index (χ1n) is 8.74. The lowest BCUT2D eigenvalue weighted by Crippen LogP contribution is -2.62. The van der Waals surface area contributed by atoms with E-state index in [4.69, 9.17) is 18.9 Å². The van der Waals surface area contributed by atoms with Crippen molar-refractivity contribution in [3.63, 3.8) is 0 Å². The summed E-state index contributed by atoms with van der Waals surface area (Å²) in [7, 11) is 1.38. The number of hydrogen-bond acceptors (Lipinski definition) is 6. The Hall–Kier alpha value is -1.87. The summed E-state index contributed by atoms with van der Waals surface area (Å²) in [5, 5.41) is 20.9. The molecule has 2 N–H and O–H groups in total. The minimum Gasteiger partial charge on any atom is -0.387 e. The summed E-state index contributed by atoms with van der Waals surface area (Å²) in [5.74, 6) is -0.364. The quantitative estimate of drug-likeness (QED) is 0.854. The molecule has 7 atom stereocenters. The number of rotatable bonds is 3. The molecule has 0 spiro atoms. The Morgan fingerprint density at radius 3 is 2.19 bits per heavy atom. The molecule has 2 heterocycles. The number of hydrogen-bond donors (Lipinski definition) is 2. The lowest BCUT2D eigenvalue weighted by Gasteiger charge is -2.49. The van der Waals surface area contributed by atoms with E-state index in [2.05, 4.69) is 0 Å². The smallest absolute Gasteiger partial charge is 0.186 e. The monoisotopic (exact) mass is 376 g/mol. The standard InChI is InChI=1S/C20H21FO6/c1-24-20-15(23)14(22)17-18(27-20)16(11-7-9-13(21)10-8-11)25-19(26-17)12-5-3-2-4-6-12/h2-10,14-20,22-23H,1H3/t14-,15-,16+,17+,18-,19-,20+/m1/s1. The van der Waals surface area contributed by atoms with Crippen molar-refractivity contribution in [3.8, 4) is 0 Å². The van der Waals surface area contributed by atoms with Crippen molar-refractivity contribution in [2.24, 2.45) is 0 Å². The second-order valence-electron chi connectivity index (χ2n) is 6.64. The van der Waals surface area contributed by atoms with Gasteiger partial charge in [-0.25, -0.2) is 4.39 Å². The van der Waals surface area contributed by atoms with E-state index >= 15 is 0 Å². The number of aliphatic hydroxyl groups excluding tert-OH is 2. The van der Waals surface area contributed by atoms with Crippen LogP contribution >= 0.6 is 0 Å². The fourth-order valence-corrected chi connectivity index (χ4v) is 3.53. The summed E-state index contributed by atoms with van der Waals surface area (Å²) in [4.78, 5) is 0. The van der Waals surface area contributed by atoms with Crippen molar-refractivity contribution in [1.82, 2.24) is 0 Å². The Morgan fingerprint density at radius 2 is 1.52 bits per heavy atom. The van der Waals surface area contributed by atoms with Crippen LogP contribution in [0.5, 0.6) is 0 Å². The number of ether oxygens (including phenoxy) is 4. The predicted octanol–water partition coefficient (Wildman–Crippen LogP) is 2.07. The second kappa shape index (κ2) is 7.63. The van der Waals surface area contributed by atoms with E-state index in [9.17, 15) is 14.6 Å². The Kier molecular flexibility index (Phi) is 5.23. The summed E-state index contributed by atoms with van der Waals surface area (Å²) >= 11 is 0. The van der Waals surface area contributed by atoms with Crippen LogP contribution in [0.3, 0.4) is 0 Å². The van der Waals surface area contributed by atoms with Gasteiger partial charge in [0.15, 0.2) is 12.6 Å². The zero-order valence-corrected chi connectivity index (χ0v) is 14.6. The highest BCUT2D eigenvalue weighted by Crippen LogP contribution is 2.43. The van der Waals surface area contributed by atoms with Crippen molar-refractivity contribution in [2.45, 2.75) is 43.1 Å². The summed E-state index contributed by atoms with van der Waals surface area (Å²) in [6, 6.07) is 15.1. The van der Waals surface area contributed by atoms with Crippen molar-refractivity contribution in [2.75, 3.05) is 7.11 Å². The molecule has 0 radical (unpaired) electrons. The van der Waals surface area contributed by atoms with Gasteiger partial charge in [-0.15, -0.1) is 0 Å². The third kappa shape index (κ3) is 3.50. The molecule has 2 aliphatic heterocycles. The largest absolute Gasteiger partial charge is 0.387 e. The average molecular weight is 376 g/mol. The second-order valence-corrected chi connectivity index (χ2v) is 6.64. The third-order valence-electron chi connectivity index (χ3n) is 4.93. The van der Waals surface area contributed by atoms with Gasteiger partial charge in [0, 0.05) is 12.7 Å². The van der Waals surface area contributed by atoms with Crippen LogP contribution in [0.15, 0.2) is 54.6 Å². The van der Waals surface area contributed by atoms with Gasteiger partial charge < -0.3 is 29.2 Å². The number of halogens is 1. The van der Waals surface area contributed by atoms with Crippen molar-refractivity contribution in [3.05, 3.63) is 71.5 Å². The van der Waals surface area contributed by atoms with E-state index in [0.29, 0.717) is 5.56 Å². The van der Waals surface area contributed by atoms with Crippen LogP contribution < -0.4 is 0 Å². The molecule has 0 unspecified atom stereocenters. The van der Waals surface area contributed by atoms with E-state index in [1.54, 1.807) is 12.1 Å². The molecule has 144 valence electrons. The van der Waals surface area contributed by atoms with Crippen LogP contribution in [0, 0.1) is 5.82 Å². The van der Waals surface area contributed by atoms with Crippen molar-refractivity contribution >= 4 is 0 Å².